The van der Waals surface area contributed by atoms with Crippen LogP contribution in [0, 0.1) is 11.8 Å². The molecule has 172 valence electrons. The Kier molecular flexibility index (Phi) is 12.0. The van der Waals surface area contributed by atoms with E-state index < -0.39 is 66.1 Å². The fourth-order valence-corrected chi connectivity index (χ4v) is 2.65. The third-order valence-electron chi connectivity index (χ3n) is 4.60. The van der Waals surface area contributed by atoms with Gasteiger partial charge in [-0.25, -0.2) is 4.79 Å². The second kappa shape index (κ2) is 13.1. The van der Waals surface area contributed by atoms with Crippen LogP contribution in [0.1, 0.15) is 40.5 Å². The monoisotopic (exact) mass is 447 g/mol. The largest absolute Gasteiger partial charge is 0.480 e. The van der Waals surface area contributed by atoms with Gasteiger partial charge in [0.05, 0.1) is 12.5 Å². The Morgan fingerprint density at radius 2 is 1.47 bits per heavy atom. The summed E-state index contributed by atoms with van der Waals surface area (Å²) in [6, 6.07) is -4.59. The van der Waals surface area contributed by atoms with E-state index >= 15 is 0 Å². The summed E-state index contributed by atoms with van der Waals surface area (Å²) in [6.07, 6.45) is 0.0159. The molecule has 0 bridgehead atoms. The van der Waals surface area contributed by atoms with Crippen molar-refractivity contribution in [1.82, 2.24) is 16.0 Å². The lowest BCUT2D eigenvalue weighted by Gasteiger charge is -2.28. The van der Waals surface area contributed by atoms with Gasteiger partial charge in [-0.15, -0.1) is 0 Å². The highest BCUT2D eigenvalue weighted by atomic mass is 32.1. The van der Waals surface area contributed by atoms with Crippen LogP contribution in [0.4, 0.5) is 0 Å². The van der Waals surface area contributed by atoms with Gasteiger partial charge in [-0.1, -0.05) is 34.1 Å². The van der Waals surface area contributed by atoms with Gasteiger partial charge in [-0.2, -0.15) is 12.6 Å². The smallest absolute Gasteiger partial charge is 0.326 e. The Balaban J connectivity index is 5.45. The second-order valence-electron chi connectivity index (χ2n) is 7.46. The van der Waals surface area contributed by atoms with Gasteiger partial charge in [0.15, 0.2) is 0 Å². The molecule has 0 aromatic rings. The molecule has 5 atom stereocenters. The van der Waals surface area contributed by atoms with E-state index in [4.69, 9.17) is 11.5 Å². The highest BCUT2D eigenvalue weighted by Crippen LogP contribution is 2.10. The molecule has 11 nitrogen and oxygen atoms in total. The van der Waals surface area contributed by atoms with E-state index in [1.165, 1.54) is 0 Å². The molecular formula is C18H33N5O6S. The van der Waals surface area contributed by atoms with Crippen LogP contribution >= 0.6 is 12.6 Å². The minimum atomic E-state index is -1.35. The maximum Gasteiger partial charge on any atom is 0.326 e. The quantitative estimate of drug-likeness (QED) is 0.164. The van der Waals surface area contributed by atoms with Crippen LogP contribution < -0.4 is 27.4 Å². The zero-order chi connectivity index (χ0) is 23.6. The van der Waals surface area contributed by atoms with Gasteiger partial charge >= 0.3 is 5.97 Å². The second-order valence-corrected chi connectivity index (χ2v) is 7.83. The average molecular weight is 448 g/mol. The van der Waals surface area contributed by atoms with E-state index in [-0.39, 0.29) is 11.7 Å². The molecule has 30 heavy (non-hydrogen) atoms. The predicted octanol–water partition coefficient (Wildman–Crippen LogP) is -1.64. The summed E-state index contributed by atoms with van der Waals surface area (Å²) >= 11 is 3.90. The van der Waals surface area contributed by atoms with E-state index in [1.54, 1.807) is 27.7 Å². The van der Waals surface area contributed by atoms with Gasteiger partial charge in [0, 0.05) is 5.75 Å². The van der Waals surface area contributed by atoms with Crippen LogP contribution in [0.25, 0.3) is 0 Å². The summed E-state index contributed by atoms with van der Waals surface area (Å²) in [5.74, 6) is -4.99. The summed E-state index contributed by atoms with van der Waals surface area (Å²) in [4.78, 5) is 60.1. The molecule has 0 saturated carbocycles. The number of primary amides is 1. The molecule has 0 aliphatic heterocycles. The topological polar surface area (TPSA) is 194 Å². The van der Waals surface area contributed by atoms with Crippen LogP contribution in [0.15, 0.2) is 0 Å². The van der Waals surface area contributed by atoms with Crippen LogP contribution in [-0.2, 0) is 24.0 Å². The zero-order valence-electron chi connectivity index (χ0n) is 17.7. The molecular weight excluding hydrogens is 414 g/mol. The Morgan fingerprint density at radius 3 is 1.87 bits per heavy atom. The standard InChI is InChI=1S/C18H33N5O6S/c1-5-9(4)14(18(28)29)23-17(27)13(8(2)3)22-16(26)11(6-12(20)24)21-15(25)10(19)7-30/h8-11,13-14,30H,5-7,19H2,1-4H3,(H2,20,24)(H,21,25)(H,22,26)(H,23,27)(H,28,29). The molecule has 0 aliphatic rings. The van der Waals surface area contributed by atoms with Crippen molar-refractivity contribution in [2.45, 2.75) is 64.7 Å². The van der Waals surface area contributed by atoms with Crippen LogP contribution in [0.5, 0.6) is 0 Å². The summed E-state index contributed by atoms with van der Waals surface area (Å²) in [5, 5.41) is 16.6. The maximum atomic E-state index is 12.7. The van der Waals surface area contributed by atoms with Crippen molar-refractivity contribution in [2.75, 3.05) is 5.75 Å². The molecule has 0 rings (SSSR count). The van der Waals surface area contributed by atoms with Crippen molar-refractivity contribution in [1.29, 1.82) is 0 Å². The highest BCUT2D eigenvalue weighted by molar-refractivity contribution is 7.80. The van der Waals surface area contributed by atoms with Crippen molar-refractivity contribution in [3.8, 4) is 0 Å². The molecule has 0 aromatic carbocycles. The Morgan fingerprint density at radius 1 is 0.933 bits per heavy atom. The SMILES string of the molecule is CCC(C)C(NC(=O)C(NC(=O)C(CC(N)=O)NC(=O)C(N)CS)C(C)C)C(=O)O. The number of carbonyl (C=O) groups is 5. The number of aliphatic carboxylic acids is 1. The first kappa shape index (κ1) is 27.7. The molecule has 5 unspecified atom stereocenters. The minimum Gasteiger partial charge on any atom is -0.480 e. The number of rotatable bonds is 13. The molecule has 12 heteroatoms. The summed E-state index contributed by atoms with van der Waals surface area (Å²) in [5.41, 5.74) is 10.7. The number of nitrogens with one attached hydrogen (secondary N) is 3. The van der Waals surface area contributed by atoms with Crippen molar-refractivity contribution in [2.24, 2.45) is 23.3 Å². The van der Waals surface area contributed by atoms with Crippen LogP contribution in [-0.4, -0.2) is 64.6 Å². The average Bonchev–Trinajstić information content (AvgIpc) is 2.66. The van der Waals surface area contributed by atoms with Gasteiger partial charge in [0.25, 0.3) is 0 Å². The van der Waals surface area contributed by atoms with E-state index in [0.717, 1.165) is 0 Å². The third kappa shape index (κ3) is 8.99. The molecule has 0 heterocycles. The lowest BCUT2D eigenvalue weighted by molar-refractivity contribution is -0.144. The van der Waals surface area contributed by atoms with Crippen molar-refractivity contribution in [3.05, 3.63) is 0 Å². The molecule has 0 radical (unpaired) electrons. The van der Waals surface area contributed by atoms with Crippen molar-refractivity contribution >= 4 is 42.2 Å². The normalized spacial score (nSPS) is 16.0. The predicted molar refractivity (Wildman–Crippen MR) is 113 cm³/mol. The van der Waals surface area contributed by atoms with Gasteiger partial charge in [0.2, 0.25) is 23.6 Å². The van der Waals surface area contributed by atoms with E-state index in [9.17, 15) is 29.1 Å². The third-order valence-corrected chi connectivity index (χ3v) is 4.99. The lowest BCUT2D eigenvalue weighted by atomic mass is 9.97. The van der Waals surface area contributed by atoms with Crippen molar-refractivity contribution < 1.29 is 29.1 Å². The number of nitrogens with two attached hydrogens (primary N) is 2. The molecule has 0 fully saturated rings. The Bertz CT molecular complexity index is 645. The molecule has 8 N–H and O–H groups in total. The fourth-order valence-electron chi connectivity index (χ4n) is 2.49. The van der Waals surface area contributed by atoms with Crippen LogP contribution in [0.3, 0.4) is 0 Å². The first-order valence-electron chi connectivity index (χ1n) is 9.64. The Labute approximate surface area is 181 Å². The first-order chi connectivity index (χ1) is 13.8. The number of carboxylic acids is 1. The first-order valence-corrected chi connectivity index (χ1v) is 10.3. The number of carbonyl (C=O) groups excluding carboxylic acids is 4. The number of hydrogen-bond donors (Lipinski definition) is 7. The van der Waals surface area contributed by atoms with E-state index in [2.05, 4.69) is 28.6 Å². The summed E-state index contributed by atoms with van der Waals surface area (Å²) < 4.78 is 0. The molecule has 0 saturated heterocycles. The molecule has 0 aromatic heterocycles. The Hall–Kier alpha value is -2.34. The van der Waals surface area contributed by atoms with E-state index in [0.29, 0.717) is 6.42 Å². The lowest BCUT2D eigenvalue weighted by Crippen LogP contribution is -2.59. The molecule has 0 spiro atoms. The maximum absolute atomic E-state index is 12.7. The van der Waals surface area contributed by atoms with Crippen LogP contribution in [0.2, 0.25) is 0 Å². The number of thiol groups is 1. The van der Waals surface area contributed by atoms with Gasteiger partial charge in [-0.05, 0) is 11.8 Å². The number of amides is 4. The van der Waals surface area contributed by atoms with E-state index in [1.807, 2.05) is 0 Å². The van der Waals surface area contributed by atoms with Gasteiger partial charge in [0.1, 0.15) is 18.1 Å². The zero-order valence-corrected chi connectivity index (χ0v) is 18.6. The molecule has 4 amide bonds. The minimum absolute atomic E-state index is 0.0138. The molecule has 0 aliphatic carbocycles. The fraction of sp³-hybridized carbons (Fsp3) is 0.722. The number of hydrogen-bond acceptors (Lipinski definition) is 7. The van der Waals surface area contributed by atoms with Gasteiger partial charge in [-0.3, -0.25) is 19.2 Å². The highest BCUT2D eigenvalue weighted by Gasteiger charge is 2.33. The number of carboxylic acid groups (broad SMARTS) is 1. The van der Waals surface area contributed by atoms with Crippen molar-refractivity contribution in [3.63, 3.8) is 0 Å². The summed E-state index contributed by atoms with van der Waals surface area (Å²) in [6.45, 7) is 6.79. The summed E-state index contributed by atoms with van der Waals surface area (Å²) in [7, 11) is 0. The van der Waals surface area contributed by atoms with Gasteiger partial charge < -0.3 is 32.5 Å².